The molecule has 56 valence electrons. The zero-order valence-corrected chi connectivity index (χ0v) is 7.15. The summed E-state index contributed by atoms with van der Waals surface area (Å²) in [6.45, 7) is 13.8. The van der Waals surface area contributed by atoms with Gasteiger partial charge in [0.05, 0.1) is 0 Å². The first-order valence-electron chi connectivity index (χ1n) is 3.53. The average molecular weight is 136 g/mol. The molecule has 0 N–H and O–H groups in total. The molecule has 0 aliphatic rings. The van der Waals surface area contributed by atoms with Crippen molar-refractivity contribution in [2.24, 2.45) is 5.92 Å². The van der Waals surface area contributed by atoms with Crippen molar-refractivity contribution >= 4 is 0 Å². The van der Waals surface area contributed by atoms with Crippen LogP contribution in [0.1, 0.15) is 20.8 Å². The molecule has 0 aromatic heterocycles. The van der Waals surface area contributed by atoms with E-state index in [0.29, 0.717) is 5.92 Å². The second kappa shape index (κ2) is 4.10. The van der Waals surface area contributed by atoms with Gasteiger partial charge < -0.3 is 0 Å². The van der Waals surface area contributed by atoms with Crippen molar-refractivity contribution in [3.05, 3.63) is 36.5 Å². The summed E-state index contributed by atoms with van der Waals surface area (Å²) in [4.78, 5) is 0. The summed E-state index contributed by atoms with van der Waals surface area (Å²) in [6, 6.07) is 0. The Hall–Kier alpha value is -0.780. The third-order valence-corrected chi connectivity index (χ3v) is 1.45. The lowest BCUT2D eigenvalue weighted by Crippen LogP contribution is -1.88. The number of hydrogen-bond acceptors (Lipinski definition) is 0. The molecule has 10 heavy (non-hydrogen) atoms. The van der Waals surface area contributed by atoms with Crippen molar-refractivity contribution in [3.63, 3.8) is 0 Å². The van der Waals surface area contributed by atoms with Crippen LogP contribution in [0.3, 0.4) is 0 Å². The zero-order valence-electron chi connectivity index (χ0n) is 7.15. The van der Waals surface area contributed by atoms with E-state index in [0.717, 1.165) is 5.57 Å². The lowest BCUT2D eigenvalue weighted by atomic mass is 10.0. The van der Waals surface area contributed by atoms with Crippen LogP contribution in [0.4, 0.5) is 0 Å². The highest BCUT2D eigenvalue weighted by Crippen LogP contribution is 2.08. The van der Waals surface area contributed by atoms with Crippen LogP contribution >= 0.6 is 0 Å². The van der Waals surface area contributed by atoms with Crippen molar-refractivity contribution in [3.8, 4) is 0 Å². The molecule has 1 atom stereocenters. The molecule has 0 aromatic carbocycles. The third-order valence-electron chi connectivity index (χ3n) is 1.45. The minimum Gasteiger partial charge on any atom is -0.0996 e. The highest BCUT2D eigenvalue weighted by atomic mass is 14.0. The molecular weight excluding hydrogens is 120 g/mol. The van der Waals surface area contributed by atoms with E-state index < -0.39 is 0 Å². The molecule has 0 radical (unpaired) electrons. The molecule has 0 heterocycles. The van der Waals surface area contributed by atoms with Gasteiger partial charge in [0.25, 0.3) is 0 Å². The van der Waals surface area contributed by atoms with Crippen molar-refractivity contribution in [2.45, 2.75) is 20.8 Å². The minimum atomic E-state index is 0.469. The zero-order chi connectivity index (χ0) is 8.15. The van der Waals surface area contributed by atoms with Crippen LogP contribution in [-0.2, 0) is 0 Å². The molecule has 0 amide bonds. The monoisotopic (exact) mass is 136 g/mol. The summed E-state index contributed by atoms with van der Waals surface area (Å²) in [5.41, 5.74) is 2.28. The van der Waals surface area contributed by atoms with E-state index in [1.165, 1.54) is 5.57 Å². The van der Waals surface area contributed by atoms with Gasteiger partial charge in [-0.25, -0.2) is 0 Å². The fraction of sp³-hybridized carbons (Fsp3) is 0.400. The Kier molecular flexibility index (Phi) is 3.78. The SMILES string of the molecule is C=C(C)C=CC(C)C(=C)C. The summed E-state index contributed by atoms with van der Waals surface area (Å²) in [5, 5.41) is 0. The highest BCUT2D eigenvalue weighted by Gasteiger charge is 1.93. The normalized spacial score (nSPS) is 13.5. The summed E-state index contributed by atoms with van der Waals surface area (Å²) >= 11 is 0. The van der Waals surface area contributed by atoms with E-state index in [9.17, 15) is 0 Å². The van der Waals surface area contributed by atoms with Crippen molar-refractivity contribution in [2.75, 3.05) is 0 Å². The lowest BCUT2D eigenvalue weighted by Gasteiger charge is -2.02. The minimum absolute atomic E-state index is 0.469. The second-order valence-electron chi connectivity index (χ2n) is 2.84. The molecule has 0 bridgehead atoms. The first kappa shape index (κ1) is 9.22. The average Bonchev–Trinajstić information content (AvgIpc) is 1.82. The maximum Gasteiger partial charge on any atom is -0.00539 e. The van der Waals surface area contributed by atoms with Crippen LogP contribution in [0, 0.1) is 5.92 Å². The molecule has 0 saturated heterocycles. The fourth-order valence-corrected chi connectivity index (χ4v) is 0.473. The van der Waals surface area contributed by atoms with E-state index in [4.69, 9.17) is 0 Å². The number of allylic oxidation sites excluding steroid dienone is 4. The van der Waals surface area contributed by atoms with E-state index in [-0.39, 0.29) is 0 Å². The molecule has 1 unspecified atom stereocenters. The summed E-state index contributed by atoms with van der Waals surface area (Å²) < 4.78 is 0. The van der Waals surface area contributed by atoms with Gasteiger partial charge in [-0.1, -0.05) is 43.4 Å². The van der Waals surface area contributed by atoms with Crippen molar-refractivity contribution in [1.82, 2.24) is 0 Å². The van der Waals surface area contributed by atoms with Gasteiger partial charge in [0, 0.05) is 0 Å². The predicted molar refractivity (Wildman–Crippen MR) is 47.9 cm³/mol. The fourth-order valence-electron chi connectivity index (χ4n) is 0.473. The summed E-state index contributed by atoms with van der Waals surface area (Å²) in [7, 11) is 0. The van der Waals surface area contributed by atoms with Gasteiger partial charge in [-0.05, 0) is 19.8 Å². The summed E-state index contributed by atoms with van der Waals surface area (Å²) in [6.07, 6.45) is 4.14. The molecular formula is C10H16. The topological polar surface area (TPSA) is 0 Å². The Balaban J connectivity index is 3.89. The van der Waals surface area contributed by atoms with Crippen LogP contribution < -0.4 is 0 Å². The Morgan fingerprint density at radius 3 is 2.10 bits per heavy atom. The van der Waals surface area contributed by atoms with Crippen LogP contribution in [0.2, 0.25) is 0 Å². The van der Waals surface area contributed by atoms with E-state index >= 15 is 0 Å². The predicted octanol–water partition coefficient (Wildman–Crippen LogP) is 3.33. The molecule has 0 rings (SSSR count). The maximum atomic E-state index is 3.85. The standard InChI is InChI=1S/C10H16/c1-8(2)6-7-10(5)9(3)4/h6-7,10H,1,3H2,2,4-5H3. The Bertz CT molecular complexity index is 161. The van der Waals surface area contributed by atoms with Crippen molar-refractivity contribution in [1.29, 1.82) is 0 Å². The van der Waals surface area contributed by atoms with Crippen molar-refractivity contribution < 1.29 is 0 Å². The molecule has 0 aliphatic heterocycles. The molecule has 0 fully saturated rings. The van der Waals surface area contributed by atoms with Gasteiger partial charge in [0.15, 0.2) is 0 Å². The maximum absolute atomic E-state index is 3.85. The molecule has 0 aromatic rings. The molecule has 0 aliphatic carbocycles. The number of rotatable bonds is 3. The van der Waals surface area contributed by atoms with Gasteiger partial charge in [0.2, 0.25) is 0 Å². The number of hydrogen-bond donors (Lipinski definition) is 0. The van der Waals surface area contributed by atoms with Crippen LogP contribution in [-0.4, -0.2) is 0 Å². The smallest absolute Gasteiger partial charge is 0.00539 e. The van der Waals surface area contributed by atoms with E-state index in [1.54, 1.807) is 0 Å². The summed E-state index contributed by atoms with van der Waals surface area (Å²) in [5.74, 6) is 0.469. The Morgan fingerprint density at radius 1 is 1.30 bits per heavy atom. The van der Waals surface area contributed by atoms with E-state index in [1.807, 2.05) is 19.9 Å². The van der Waals surface area contributed by atoms with E-state index in [2.05, 4.69) is 26.2 Å². The largest absolute Gasteiger partial charge is 0.0996 e. The van der Waals surface area contributed by atoms with Crippen LogP contribution in [0.5, 0.6) is 0 Å². The van der Waals surface area contributed by atoms with Gasteiger partial charge in [0.1, 0.15) is 0 Å². The third kappa shape index (κ3) is 4.13. The lowest BCUT2D eigenvalue weighted by molar-refractivity contribution is 0.867. The van der Waals surface area contributed by atoms with Crippen LogP contribution in [0.15, 0.2) is 36.5 Å². The Labute approximate surface area is 64.0 Å². The first-order valence-corrected chi connectivity index (χ1v) is 3.53. The molecule has 0 heteroatoms. The highest BCUT2D eigenvalue weighted by molar-refractivity contribution is 5.15. The Morgan fingerprint density at radius 2 is 1.80 bits per heavy atom. The molecule has 0 spiro atoms. The van der Waals surface area contributed by atoms with Gasteiger partial charge in [-0.3, -0.25) is 0 Å². The first-order chi connectivity index (χ1) is 4.54. The van der Waals surface area contributed by atoms with Crippen LogP contribution in [0.25, 0.3) is 0 Å². The molecule has 0 nitrogen and oxygen atoms in total. The quantitative estimate of drug-likeness (QED) is 0.412. The van der Waals surface area contributed by atoms with Gasteiger partial charge in [-0.15, -0.1) is 0 Å². The van der Waals surface area contributed by atoms with Gasteiger partial charge >= 0.3 is 0 Å². The van der Waals surface area contributed by atoms with Gasteiger partial charge in [-0.2, -0.15) is 0 Å². The molecule has 0 saturated carbocycles. The second-order valence-corrected chi connectivity index (χ2v) is 2.84.